The van der Waals surface area contributed by atoms with Crippen LogP contribution in [0.15, 0.2) is 24.4 Å². The average molecular weight is 285 g/mol. The highest BCUT2D eigenvalue weighted by Crippen LogP contribution is 2.19. The van der Waals surface area contributed by atoms with Gasteiger partial charge in [0.1, 0.15) is 5.82 Å². The molecule has 0 atom stereocenters. The van der Waals surface area contributed by atoms with E-state index < -0.39 is 10.7 Å². The van der Waals surface area contributed by atoms with Crippen molar-refractivity contribution in [1.82, 2.24) is 15.0 Å². The normalized spacial score (nSPS) is 10.6. The summed E-state index contributed by atoms with van der Waals surface area (Å²) in [4.78, 5) is 10.0. The standard InChI is InChI=1S/C11H10ClFN4O2/c12-3-1-2-9-7-16(15-14-9)10-4-8(13)5-11(6-10)17(18)19/h4-7H,1-3H2. The SMILES string of the molecule is O=[N+]([O-])c1cc(F)cc(-n2cc(CCCCl)nn2)c1. The molecular formula is C11H10ClFN4O2. The Balaban J connectivity index is 2.30. The van der Waals surface area contributed by atoms with E-state index in [1.54, 1.807) is 6.20 Å². The number of halogens is 2. The summed E-state index contributed by atoms with van der Waals surface area (Å²) in [6.45, 7) is 0. The number of nitro groups is 1. The first-order valence-electron chi connectivity index (χ1n) is 5.52. The van der Waals surface area contributed by atoms with Gasteiger partial charge in [0.05, 0.1) is 28.6 Å². The fourth-order valence-electron chi connectivity index (χ4n) is 1.58. The third-order valence-corrected chi connectivity index (χ3v) is 2.72. The Kier molecular flexibility index (Phi) is 4.06. The van der Waals surface area contributed by atoms with Crippen LogP contribution in [0.3, 0.4) is 0 Å². The van der Waals surface area contributed by atoms with E-state index in [-0.39, 0.29) is 11.4 Å². The van der Waals surface area contributed by atoms with Crippen LogP contribution in [0.1, 0.15) is 12.1 Å². The summed E-state index contributed by atoms with van der Waals surface area (Å²) in [5.41, 5.74) is 0.636. The number of nitrogens with zero attached hydrogens (tertiary/aromatic N) is 4. The van der Waals surface area contributed by atoms with Gasteiger partial charge in [-0.15, -0.1) is 16.7 Å². The summed E-state index contributed by atoms with van der Waals surface area (Å²) in [6.07, 6.45) is 3.01. The number of aromatic nitrogens is 3. The molecule has 0 radical (unpaired) electrons. The minimum Gasteiger partial charge on any atom is -0.258 e. The number of non-ortho nitro benzene ring substituents is 1. The van der Waals surface area contributed by atoms with E-state index in [1.807, 2.05) is 0 Å². The van der Waals surface area contributed by atoms with Gasteiger partial charge in [0.2, 0.25) is 0 Å². The third-order valence-electron chi connectivity index (χ3n) is 2.45. The average Bonchev–Trinajstić information content (AvgIpc) is 2.84. The van der Waals surface area contributed by atoms with Crippen molar-refractivity contribution in [3.05, 3.63) is 46.0 Å². The van der Waals surface area contributed by atoms with Crippen LogP contribution in [0.5, 0.6) is 0 Å². The molecule has 0 N–H and O–H groups in total. The van der Waals surface area contributed by atoms with Crippen LogP contribution in [0.25, 0.3) is 5.69 Å². The first kappa shape index (κ1) is 13.4. The molecule has 0 fully saturated rings. The van der Waals surface area contributed by atoms with Crippen LogP contribution in [0, 0.1) is 15.9 Å². The highest BCUT2D eigenvalue weighted by molar-refractivity contribution is 6.17. The lowest BCUT2D eigenvalue weighted by Crippen LogP contribution is -1.98. The van der Waals surface area contributed by atoms with Crippen molar-refractivity contribution in [1.29, 1.82) is 0 Å². The Bertz CT molecular complexity index is 602. The molecule has 0 amide bonds. The predicted molar refractivity (Wildman–Crippen MR) is 67.0 cm³/mol. The van der Waals surface area contributed by atoms with Gasteiger partial charge in [0, 0.05) is 18.0 Å². The molecule has 0 aliphatic heterocycles. The van der Waals surface area contributed by atoms with E-state index in [4.69, 9.17) is 11.6 Å². The molecule has 0 saturated carbocycles. The lowest BCUT2D eigenvalue weighted by Gasteiger charge is -2.00. The zero-order valence-corrected chi connectivity index (χ0v) is 10.5. The summed E-state index contributed by atoms with van der Waals surface area (Å²) in [5, 5.41) is 18.4. The van der Waals surface area contributed by atoms with Crippen LogP contribution in [-0.4, -0.2) is 25.8 Å². The van der Waals surface area contributed by atoms with Crippen LogP contribution in [0.4, 0.5) is 10.1 Å². The molecule has 0 bridgehead atoms. The van der Waals surface area contributed by atoms with Crippen molar-refractivity contribution < 1.29 is 9.31 Å². The summed E-state index contributed by atoms with van der Waals surface area (Å²) < 4.78 is 14.6. The first-order valence-corrected chi connectivity index (χ1v) is 6.06. The lowest BCUT2D eigenvalue weighted by atomic mass is 10.2. The largest absolute Gasteiger partial charge is 0.274 e. The molecule has 0 aliphatic carbocycles. The Morgan fingerprint density at radius 2 is 2.21 bits per heavy atom. The molecule has 0 unspecified atom stereocenters. The Morgan fingerprint density at radius 1 is 1.42 bits per heavy atom. The van der Waals surface area contributed by atoms with Gasteiger partial charge in [-0.1, -0.05) is 5.21 Å². The van der Waals surface area contributed by atoms with Gasteiger partial charge in [0.25, 0.3) is 5.69 Å². The van der Waals surface area contributed by atoms with Crippen molar-refractivity contribution in [3.63, 3.8) is 0 Å². The van der Waals surface area contributed by atoms with E-state index in [0.29, 0.717) is 18.0 Å². The molecule has 1 aromatic heterocycles. The minimum absolute atomic E-state index is 0.260. The molecule has 0 saturated heterocycles. The summed E-state index contributed by atoms with van der Waals surface area (Å²) >= 11 is 5.57. The van der Waals surface area contributed by atoms with Crippen molar-refractivity contribution in [2.24, 2.45) is 0 Å². The van der Waals surface area contributed by atoms with Gasteiger partial charge in [-0.25, -0.2) is 9.07 Å². The Morgan fingerprint density at radius 3 is 2.89 bits per heavy atom. The first-order chi connectivity index (χ1) is 9.10. The molecule has 19 heavy (non-hydrogen) atoms. The van der Waals surface area contributed by atoms with Crippen molar-refractivity contribution >= 4 is 17.3 Å². The fourth-order valence-corrected chi connectivity index (χ4v) is 1.72. The second-order valence-corrected chi connectivity index (χ2v) is 4.25. The van der Waals surface area contributed by atoms with Gasteiger partial charge in [-0.05, 0) is 12.8 Å². The zero-order valence-electron chi connectivity index (χ0n) is 9.79. The Labute approximate surface area is 113 Å². The second kappa shape index (κ2) is 5.75. The zero-order chi connectivity index (χ0) is 13.8. The van der Waals surface area contributed by atoms with Gasteiger partial charge in [0.15, 0.2) is 0 Å². The number of aryl methyl sites for hydroxylation is 1. The molecule has 2 aromatic rings. The van der Waals surface area contributed by atoms with E-state index >= 15 is 0 Å². The molecule has 0 spiro atoms. The molecule has 6 nitrogen and oxygen atoms in total. The van der Waals surface area contributed by atoms with E-state index in [1.165, 1.54) is 10.7 Å². The van der Waals surface area contributed by atoms with E-state index in [2.05, 4.69) is 10.3 Å². The van der Waals surface area contributed by atoms with Crippen molar-refractivity contribution in [3.8, 4) is 5.69 Å². The molecule has 100 valence electrons. The maximum atomic E-state index is 13.3. The maximum absolute atomic E-state index is 13.3. The number of nitro benzene ring substituents is 1. The van der Waals surface area contributed by atoms with Crippen LogP contribution < -0.4 is 0 Å². The quantitative estimate of drug-likeness (QED) is 0.480. The highest BCUT2D eigenvalue weighted by atomic mass is 35.5. The molecule has 1 heterocycles. The van der Waals surface area contributed by atoms with Gasteiger partial charge in [-0.3, -0.25) is 10.1 Å². The van der Waals surface area contributed by atoms with Crippen molar-refractivity contribution in [2.75, 3.05) is 5.88 Å². The molecule has 2 rings (SSSR count). The summed E-state index contributed by atoms with van der Waals surface area (Å²) in [7, 11) is 0. The number of benzene rings is 1. The summed E-state index contributed by atoms with van der Waals surface area (Å²) in [5.74, 6) is -0.180. The predicted octanol–water partition coefficient (Wildman–Crippen LogP) is 2.49. The maximum Gasteiger partial charge on any atom is 0.274 e. The van der Waals surface area contributed by atoms with Gasteiger partial charge in [-0.2, -0.15) is 0 Å². The second-order valence-electron chi connectivity index (χ2n) is 3.87. The number of rotatable bonds is 5. The molecule has 8 heteroatoms. The van der Waals surface area contributed by atoms with Gasteiger partial charge < -0.3 is 0 Å². The highest BCUT2D eigenvalue weighted by Gasteiger charge is 2.12. The number of hydrogen-bond donors (Lipinski definition) is 0. The van der Waals surface area contributed by atoms with E-state index in [9.17, 15) is 14.5 Å². The lowest BCUT2D eigenvalue weighted by molar-refractivity contribution is -0.385. The topological polar surface area (TPSA) is 73.8 Å². The smallest absolute Gasteiger partial charge is 0.258 e. The third kappa shape index (κ3) is 3.25. The molecule has 0 aliphatic rings. The van der Waals surface area contributed by atoms with Crippen LogP contribution in [-0.2, 0) is 6.42 Å². The number of alkyl halides is 1. The van der Waals surface area contributed by atoms with Crippen molar-refractivity contribution in [2.45, 2.75) is 12.8 Å². The molecular weight excluding hydrogens is 275 g/mol. The Hall–Kier alpha value is -2.02. The van der Waals surface area contributed by atoms with Gasteiger partial charge >= 0.3 is 0 Å². The van der Waals surface area contributed by atoms with E-state index in [0.717, 1.165) is 18.6 Å². The minimum atomic E-state index is -0.693. The summed E-state index contributed by atoms with van der Waals surface area (Å²) in [6, 6.07) is 3.25. The van der Waals surface area contributed by atoms with Crippen LogP contribution in [0.2, 0.25) is 0 Å². The monoisotopic (exact) mass is 284 g/mol. The number of hydrogen-bond acceptors (Lipinski definition) is 4. The van der Waals surface area contributed by atoms with Crippen LogP contribution >= 0.6 is 11.6 Å². The molecule has 1 aromatic carbocycles. The fraction of sp³-hybridized carbons (Fsp3) is 0.273.